The lowest BCUT2D eigenvalue weighted by molar-refractivity contribution is 0.577. The van der Waals surface area contributed by atoms with Crippen molar-refractivity contribution in [3.05, 3.63) is 29.8 Å². The molecule has 0 spiro atoms. The van der Waals surface area contributed by atoms with E-state index >= 15 is 0 Å². The topological polar surface area (TPSA) is 82.0 Å². The second kappa shape index (κ2) is 8.06. The first-order valence-electron chi connectivity index (χ1n) is 5.30. The zero-order valence-corrected chi connectivity index (χ0v) is 11.6. The van der Waals surface area contributed by atoms with Crippen LogP contribution >= 0.6 is 12.4 Å². The van der Waals surface area contributed by atoms with Crippen LogP contribution in [0.1, 0.15) is 12.5 Å². The largest absolute Gasteiger partial charge is 0.316 e. The van der Waals surface area contributed by atoms with Crippen molar-refractivity contribution in [3.63, 3.8) is 0 Å². The molecule has 0 atom stereocenters. The highest BCUT2D eigenvalue weighted by atomic mass is 35.5. The number of nitrogens with zero attached hydrogens (tertiary/aromatic N) is 1. The van der Waals surface area contributed by atoms with E-state index in [4.69, 9.17) is 5.26 Å². The first-order valence-corrected chi connectivity index (χ1v) is 6.79. The van der Waals surface area contributed by atoms with E-state index in [0.717, 1.165) is 6.54 Å². The third-order valence-corrected chi connectivity index (χ3v) is 3.61. The molecule has 0 fully saturated rings. The standard InChI is InChI=1S/C11H15N3O2S.ClH/c1-2-13-7-8-14-17(15,16)11-5-3-10(9-12)4-6-11;/h3-6,13-14H,2,7-8H2,1H3;1H. The van der Waals surface area contributed by atoms with E-state index in [-0.39, 0.29) is 17.3 Å². The van der Waals surface area contributed by atoms with E-state index < -0.39 is 10.0 Å². The van der Waals surface area contributed by atoms with E-state index in [9.17, 15) is 8.42 Å². The van der Waals surface area contributed by atoms with Crippen molar-refractivity contribution in [2.45, 2.75) is 11.8 Å². The van der Waals surface area contributed by atoms with Crippen LogP contribution < -0.4 is 10.0 Å². The van der Waals surface area contributed by atoms with Crippen molar-refractivity contribution in [2.75, 3.05) is 19.6 Å². The Hall–Kier alpha value is -1.13. The molecule has 100 valence electrons. The molecule has 0 radical (unpaired) electrons. The molecule has 0 heterocycles. The van der Waals surface area contributed by atoms with Crippen LogP contribution in [0.3, 0.4) is 0 Å². The van der Waals surface area contributed by atoms with Gasteiger partial charge in [0.1, 0.15) is 0 Å². The fourth-order valence-electron chi connectivity index (χ4n) is 1.24. The molecular formula is C11H16ClN3O2S. The Morgan fingerprint density at radius 2 is 1.83 bits per heavy atom. The van der Waals surface area contributed by atoms with E-state index in [1.165, 1.54) is 24.3 Å². The number of sulfonamides is 1. The van der Waals surface area contributed by atoms with Gasteiger partial charge in [-0.3, -0.25) is 0 Å². The Balaban J connectivity index is 0.00000289. The molecule has 0 amide bonds. The highest BCUT2D eigenvalue weighted by Crippen LogP contribution is 2.09. The Bertz CT molecular complexity index is 494. The van der Waals surface area contributed by atoms with Crippen LogP contribution in [0.4, 0.5) is 0 Å². The number of nitrogens with one attached hydrogen (secondary N) is 2. The normalized spacial score (nSPS) is 10.4. The number of halogens is 1. The molecule has 5 nitrogen and oxygen atoms in total. The lowest BCUT2D eigenvalue weighted by Gasteiger charge is -2.06. The molecule has 0 bridgehead atoms. The summed E-state index contributed by atoms with van der Waals surface area (Å²) in [4.78, 5) is 0.174. The highest BCUT2D eigenvalue weighted by molar-refractivity contribution is 7.89. The van der Waals surface area contributed by atoms with Gasteiger partial charge in [-0.15, -0.1) is 12.4 Å². The number of benzene rings is 1. The molecular weight excluding hydrogens is 274 g/mol. The minimum Gasteiger partial charge on any atom is -0.316 e. The van der Waals surface area contributed by atoms with Gasteiger partial charge in [0.15, 0.2) is 0 Å². The van der Waals surface area contributed by atoms with Crippen LogP contribution in [0.25, 0.3) is 0 Å². The van der Waals surface area contributed by atoms with Gasteiger partial charge >= 0.3 is 0 Å². The molecule has 0 saturated carbocycles. The quantitative estimate of drug-likeness (QED) is 0.761. The predicted octanol–water partition coefficient (Wildman–Crippen LogP) is 0.868. The molecule has 7 heteroatoms. The van der Waals surface area contributed by atoms with Crippen molar-refractivity contribution in [1.29, 1.82) is 5.26 Å². The fourth-order valence-corrected chi connectivity index (χ4v) is 2.27. The first kappa shape index (κ1) is 16.9. The van der Waals surface area contributed by atoms with E-state index in [1.54, 1.807) is 0 Å². The summed E-state index contributed by atoms with van der Waals surface area (Å²) in [6.07, 6.45) is 0. The van der Waals surface area contributed by atoms with Crippen LogP contribution in [0.5, 0.6) is 0 Å². The van der Waals surface area contributed by atoms with Crippen LogP contribution in [0.15, 0.2) is 29.2 Å². The van der Waals surface area contributed by atoms with Gasteiger partial charge in [-0.1, -0.05) is 6.92 Å². The van der Waals surface area contributed by atoms with Gasteiger partial charge in [-0.2, -0.15) is 5.26 Å². The molecule has 0 unspecified atom stereocenters. The minimum absolute atomic E-state index is 0. The zero-order chi connectivity index (χ0) is 12.7. The lowest BCUT2D eigenvalue weighted by Crippen LogP contribution is -2.31. The molecule has 0 aliphatic rings. The Morgan fingerprint density at radius 3 is 2.33 bits per heavy atom. The lowest BCUT2D eigenvalue weighted by atomic mass is 10.2. The van der Waals surface area contributed by atoms with Gasteiger partial charge in [0.25, 0.3) is 0 Å². The molecule has 1 rings (SSSR count). The van der Waals surface area contributed by atoms with Gasteiger partial charge in [0.05, 0.1) is 16.5 Å². The average Bonchev–Trinajstić information content (AvgIpc) is 2.35. The summed E-state index contributed by atoms with van der Waals surface area (Å²) >= 11 is 0. The van der Waals surface area contributed by atoms with Gasteiger partial charge < -0.3 is 5.32 Å². The summed E-state index contributed by atoms with van der Waals surface area (Å²) in [6, 6.07) is 7.76. The number of rotatable bonds is 6. The summed E-state index contributed by atoms with van der Waals surface area (Å²) < 4.78 is 26.0. The van der Waals surface area contributed by atoms with E-state index in [1.807, 2.05) is 13.0 Å². The van der Waals surface area contributed by atoms with Gasteiger partial charge in [-0.25, -0.2) is 13.1 Å². The summed E-state index contributed by atoms with van der Waals surface area (Å²) in [6.45, 7) is 3.69. The van der Waals surface area contributed by atoms with Crippen LogP contribution in [-0.4, -0.2) is 28.1 Å². The third-order valence-electron chi connectivity index (χ3n) is 2.14. The average molecular weight is 290 g/mol. The number of likely N-dealkylation sites (N-methyl/N-ethyl adjacent to an activating group) is 1. The predicted molar refractivity (Wildman–Crippen MR) is 72.1 cm³/mol. The zero-order valence-electron chi connectivity index (χ0n) is 10.0. The van der Waals surface area contributed by atoms with E-state index in [0.29, 0.717) is 18.7 Å². The van der Waals surface area contributed by atoms with Crippen molar-refractivity contribution in [3.8, 4) is 6.07 Å². The number of nitriles is 1. The minimum atomic E-state index is -3.47. The maximum atomic E-state index is 11.8. The van der Waals surface area contributed by atoms with Crippen molar-refractivity contribution < 1.29 is 8.42 Å². The van der Waals surface area contributed by atoms with Crippen molar-refractivity contribution >= 4 is 22.4 Å². The Morgan fingerprint density at radius 1 is 1.22 bits per heavy atom. The number of hydrogen-bond donors (Lipinski definition) is 2. The maximum Gasteiger partial charge on any atom is 0.240 e. The van der Waals surface area contributed by atoms with Gasteiger partial charge in [0.2, 0.25) is 10.0 Å². The van der Waals surface area contributed by atoms with Crippen LogP contribution in [0.2, 0.25) is 0 Å². The molecule has 0 aromatic heterocycles. The maximum absolute atomic E-state index is 11.8. The third kappa shape index (κ3) is 5.02. The van der Waals surface area contributed by atoms with Crippen LogP contribution in [-0.2, 0) is 10.0 Å². The highest BCUT2D eigenvalue weighted by Gasteiger charge is 2.12. The second-order valence-corrected chi connectivity index (χ2v) is 5.15. The molecule has 0 aliphatic carbocycles. The Labute approximate surface area is 114 Å². The summed E-state index contributed by atoms with van der Waals surface area (Å²) in [5, 5.41) is 11.6. The monoisotopic (exact) mass is 289 g/mol. The Kier molecular flexibility index (Phi) is 7.55. The molecule has 0 aliphatic heterocycles. The molecule has 18 heavy (non-hydrogen) atoms. The second-order valence-electron chi connectivity index (χ2n) is 3.39. The van der Waals surface area contributed by atoms with Crippen LogP contribution in [0, 0.1) is 11.3 Å². The molecule has 1 aromatic carbocycles. The number of hydrogen-bond acceptors (Lipinski definition) is 4. The molecule has 1 aromatic rings. The van der Waals surface area contributed by atoms with Gasteiger partial charge in [-0.05, 0) is 30.8 Å². The van der Waals surface area contributed by atoms with Crippen molar-refractivity contribution in [1.82, 2.24) is 10.0 Å². The van der Waals surface area contributed by atoms with Crippen molar-refractivity contribution in [2.24, 2.45) is 0 Å². The van der Waals surface area contributed by atoms with Gasteiger partial charge in [0, 0.05) is 13.1 Å². The fraction of sp³-hybridized carbons (Fsp3) is 0.364. The first-order chi connectivity index (χ1) is 8.10. The summed E-state index contributed by atoms with van der Waals surface area (Å²) in [5.41, 5.74) is 0.441. The summed E-state index contributed by atoms with van der Waals surface area (Å²) in [5.74, 6) is 0. The SMILES string of the molecule is CCNCCNS(=O)(=O)c1ccc(C#N)cc1.Cl. The summed E-state index contributed by atoms with van der Waals surface area (Å²) in [7, 11) is -3.47. The molecule has 2 N–H and O–H groups in total. The smallest absolute Gasteiger partial charge is 0.240 e. The van der Waals surface area contributed by atoms with E-state index in [2.05, 4.69) is 10.0 Å². The molecule has 0 saturated heterocycles.